The second-order valence-corrected chi connectivity index (χ2v) is 3.94. The van der Waals surface area contributed by atoms with Gasteiger partial charge in [0.15, 0.2) is 0 Å². The van der Waals surface area contributed by atoms with Gasteiger partial charge in [-0.2, -0.15) is 0 Å². The van der Waals surface area contributed by atoms with Gasteiger partial charge < -0.3 is 9.64 Å². The molecular formula is C9H17NO. The monoisotopic (exact) mass is 155 g/mol. The Hall–Kier alpha value is -0.0800. The molecular weight excluding hydrogens is 138 g/mol. The van der Waals surface area contributed by atoms with Crippen LogP contribution in [0.5, 0.6) is 0 Å². The number of methoxy groups -OCH3 is 1. The molecule has 3 atom stereocenters. The minimum Gasteiger partial charge on any atom is -0.381 e. The Kier molecular flexibility index (Phi) is 1.90. The Morgan fingerprint density at radius 3 is 2.64 bits per heavy atom. The zero-order chi connectivity index (χ0) is 7.84. The lowest BCUT2D eigenvalue weighted by molar-refractivity contribution is -0.0602. The maximum Gasteiger partial charge on any atom is 0.0626 e. The van der Waals surface area contributed by atoms with Gasteiger partial charge >= 0.3 is 0 Å². The molecule has 64 valence electrons. The largest absolute Gasteiger partial charge is 0.381 e. The maximum absolute atomic E-state index is 5.45. The van der Waals surface area contributed by atoms with E-state index in [4.69, 9.17) is 4.74 Å². The molecule has 0 unspecified atom stereocenters. The molecule has 0 spiro atoms. The zero-order valence-electron chi connectivity index (χ0n) is 7.42. The fourth-order valence-corrected chi connectivity index (χ4v) is 2.59. The number of piperidine rings is 2. The standard InChI is InChI=1S/C9H17NO/c1-10-6-7-3-4-8(10)5-9(7)11-2/h7-9H,3-6H2,1-2H3/t7-,8-,9-/m1/s1. The predicted molar refractivity (Wildman–Crippen MR) is 44.6 cm³/mol. The maximum atomic E-state index is 5.45. The van der Waals surface area contributed by atoms with E-state index < -0.39 is 0 Å². The molecule has 0 aromatic heterocycles. The minimum absolute atomic E-state index is 0.560. The number of rotatable bonds is 1. The lowest BCUT2D eigenvalue weighted by atomic mass is 9.78. The highest BCUT2D eigenvalue weighted by Crippen LogP contribution is 2.35. The summed E-state index contributed by atoms with van der Waals surface area (Å²) in [4.78, 5) is 2.49. The van der Waals surface area contributed by atoms with Crippen molar-refractivity contribution in [3.8, 4) is 0 Å². The van der Waals surface area contributed by atoms with Crippen LogP contribution in [0.15, 0.2) is 0 Å². The Balaban J connectivity index is 2.04. The van der Waals surface area contributed by atoms with Gasteiger partial charge in [-0.15, -0.1) is 0 Å². The molecule has 1 saturated carbocycles. The average molecular weight is 155 g/mol. The van der Waals surface area contributed by atoms with Crippen molar-refractivity contribution in [3.63, 3.8) is 0 Å². The average Bonchev–Trinajstić information content (AvgIpc) is 2.05. The van der Waals surface area contributed by atoms with Gasteiger partial charge in [-0.3, -0.25) is 0 Å². The molecule has 2 heterocycles. The number of ether oxygens (including phenoxy) is 1. The van der Waals surface area contributed by atoms with Crippen molar-refractivity contribution in [3.05, 3.63) is 0 Å². The van der Waals surface area contributed by atoms with Crippen molar-refractivity contribution >= 4 is 0 Å². The first kappa shape index (κ1) is 7.56. The van der Waals surface area contributed by atoms with E-state index in [9.17, 15) is 0 Å². The topological polar surface area (TPSA) is 12.5 Å². The van der Waals surface area contributed by atoms with Crippen molar-refractivity contribution in [2.45, 2.75) is 31.4 Å². The van der Waals surface area contributed by atoms with E-state index in [0.29, 0.717) is 6.10 Å². The molecule has 0 aromatic carbocycles. The van der Waals surface area contributed by atoms with Gasteiger partial charge in [0, 0.05) is 19.7 Å². The summed E-state index contributed by atoms with van der Waals surface area (Å²) in [5.41, 5.74) is 0. The van der Waals surface area contributed by atoms with Crippen LogP contribution in [0.1, 0.15) is 19.3 Å². The first-order valence-electron chi connectivity index (χ1n) is 4.54. The van der Waals surface area contributed by atoms with Gasteiger partial charge in [0.25, 0.3) is 0 Å². The number of hydrogen-bond acceptors (Lipinski definition) is 2. The zero-order valence-corrected chi connectivity index (χ0v) is 7.42. The highest BCUT2D eigenvalue weighted by molar-refractivity contribution is 4.92. The summed E-state index contributed by atoms with van der Waals surface area (Å²) in [6, 6.07) is 0.810. The van der Waals surface area contributed by atoms with E-state index in [1.165, 1.54) is 25.8 Å². The predicted octanol–water partition coefficient (Wildman–Crippen LogP) is 1.12. The number of nitrogens with zero attached hydrogens (tertiary/aromatic N) is 1. The first-order chi connectivity index (χ1) is 5.31. The molecule has 3 rings (SSSR count). The van der Waals surface area contributed by atoms with Crippen LogP contribution in [0, 0.1) is 5.92 Å². The van der Waals surface area contributed by atoms with Gasteiger partial charge in [0.2, 0.25) is 0 Å². The van der Waals surface area contributed by atoms with Crippen molar-refractivity contribution in [1.29, 1.82) is 0 Å². The van der Waals surface area contributed by atoms with E-state index in [0.717, 1.165) is 12.0 Å². The normalized spacial score (nSPS) is 44.7. The van der Waals surface area contributed by atoms with E-state index in [-0.39, 0.29) is 0 Å². The third-order valence-electron chi connectivity index (χ3n) is 3.35. The molecule has 0 amide bonds. The van der Waals surface area contributed by atoms with Crippen LogP contribution in [0.3, 0.4) is 0 Å². The highest BCUT2D eigenvalue weighted by atomic mass is 16.5. The van der Waals surface area contributed by atoms with Crippen molar-refractivity contribution < 1.29 is 4.74 Å². The molecule has 2 nitrogen and oxygen atoms in total. The quantitative estimate of drug-likeness (QED) is 0.562. The summed E-state index contributed by atoms with van der Waals surface area (Å²) in [5, 5.41) is 0. The molecule has 11 heavy (non-hydrogen) atoms. The van der Waals surface area contributed by atoms with Crippen LogP contribution < -0.4 is 0 Å². The summed E-state index contributed by atoms with van der Waals surface area (Å²) in [6.07, 6.45) is 4.59. The van der Waals surface area contributed by atoms with Crippen LogP contribution in [0.2, 0.25) is 0 Å². The summed E-state index contributed by atoms with van der Waals surface area (Å²) in [6.45, 7) is 1.25. The lowest BCUT2D eigenvalue weighted by Gasteiger charge is -2.47. The molecule has 2 bridgehead atoms. The highest BCUT2D eigenvalue weighted by Gasteiger charge is 2.38. The fraction of sp³-hybridized carbons (Fsp3) is 1.00. The molecule has 2 aliphatic heterocycles. The summed E-state index contributed by atoms with van der Waals surface area (Å²) < 4.78 is 5.45. The van der Waals surface area contributed by atoms with E-state index in [1.807, 2.05) is 7.11 Å². The third kappa shape index (κ3) is 1.18. The van der Waals surface area contributed by atoms with Gasteiger partial charge in [-0.1, -0.05) is 0 Å². The van der Waals surface area contributed by atoms with Crippen LogP contribution >= 0.6 is 0 Å². The van der Waals surface area contributed by atoms with Crippen LogP contribution in [-0.2, 0) is 4.74 Å². The molecule has 3 aliphatic rings. The minimum atomic E-state index is 0.560. The molecule has 2 heteroatoms. The first-order valence-corrected chi connectivity index (χ1v) is 4.54. The van der Waals surface area contributed by atoms with Gasteiger partial charge in [0.05, 0.1) is 6.10 Å². The fourth-order valence-electron chi connectivity index (χ4n) is 2.59. The third-order valence-corrected chi connectivity index (χ3v) is 3.35. The molecule has 0 aromatic rings. The summed E-state index contributed by atoms with van der Waals surface area (Å²) in [7, 11) is 4.09. The second-order valence-electron chi connectivity index (χ2n) is 3.94. The van der Waals surface area contributed by atoms with E-state index >= 15 is 0 Å². The van der Waals surface area contributed by atoms with Crippen LogP contribution in [0.4, 0.5) is 0 Å². The van der Waals surface area contributed by atoms with Gasteiger partial charge in [-0.05, 0) is 32.2 Å². The smallest absolute Gasteiger partial charge is 0.0626 e. The summed E-state index contributed by atoms with van der Waals surface area (Å²) in [5.74, 6) is 0.815. The molecule has 0 radical (unpaired) electrons. The molecule has 2 saturated heterocycles. The van der Waals surface area contributed by atoms with Crippen LogP contribution in [0.25, 0.3) is 0 Å². The Morgan fingerprint density at radius 1 is 1.36 bits per heavy atom. The van der Waals surface area contributed by atoms with Crippen LogP contribution in [-0.4, -0.2) is 37.7 Å². The lowest BCUT2D eigenvalue weighted by Crippen LogP contribution is -2.52. The van der Waals surface area contributed by atoms with Crippen molar-refractivity contribution in [1.82, 2.24) is 4.90 Å². The SMILES string of the molecule is CO[C@@H]1C[C@H]2CC[C@@H]1CN2C. The van der Waals surface area contributed by atoms with E-state index in [2.05, 4.69) is 11.9 Å². The van der Waals surface area contributed by atoms with Crippen molar-refractivity contribution in [2.24, 2.45) is 5.92 Å². The number of fused-ring (bicyclic) bond motifs is 3. The second kappa shape index (κ2) is 2.76. The molecule has 1 aliphatic carbocycles. The summed E-state index contributed by atoms with van der Waals surface area (Å²) >= 11 is 0. The van der Waals surface area contributed by atoms with Gasteiger partial charge in [-0.25, -0.2) is 0 Å². The Morgan fingerprint density at radius 2 is 2.18 bits per heavy atom. The number of hydrogen-bond donors (Lipinski definition) is 0. The Bertz CT molecular complexity index is 148. The molecule has 0 N–H and O–H groups in total. The van der Waals surface area contributed by atoms with Gasteiger partial charge in [0.1, 0.15) is 0 Å². The molecule has 3 fully saturated rings. The Labute approximate surface area is 68.5 Å². The van der Waals surface area contributed by atoms with E-state index in [1.54, 1.807) is 0 Å². The van der Waals surface area contributed by atoms with Crippen molar-refractivity contribution in [2.75, 3.05) is 20.7 Å².